The van der Waals surface area contributed by atoms with Crippen LogP contribution < -0.4 is 15.4 Å². The maximum atomic E-state index is 12.8. The molecule has 1 amide bonds. The minimum absolute atomic E-state index is 0.225. The van der Waals surface area contributed by atoms with E-state index in [4.69, 9.17) is 9.15 Å². The van der Waals surface area contributed by atoms with Crippen LogP contribution in [0.5, 0.6) is 5.75 Å². The van der Waals surface area contributed by atoms with Crippen molar-refractivity contribution in [2.24, 2.45) is 0 Å². The van der Waals surface area contributed by atoms with Gasteiger partial charge in [0.2, 0.25) is 0 Å². The first-order valence-electron chi connectivity index (χ1n) is 10.9. The maximum absolute atomic E-state index is 12.8. The highest BCUT2D eigenvalue weighted by atomic mass is 16.5. The number of nitrogens with one attached hydrogen (secondary N) is 2. The summed E-state index contributed by atoms with van der Waals surface area (Å²) in [6.45, 7) is 2.33. The van der Waals surface area contributed by atoms with Crippen LogP contribution in [0.15, 0.2) is 77.4 Å². The monoisotopic (exact) mass is 444 g/mol. The highest BCUT2D eigenvalue weighted by Gasteiger charge is 2.14. The number of anilines is 2. The van der Waals surface area contributed by atoms with Crippen molar-refractivity contribution >= 4 is 28.4 Å². The second-order valence-corrected chi connectivity index (χ2v) is 7.87. The summed E-state index contributed by atoms with van der Waals surface area (Å²) in [5.74, 6) is 1.11. The maximum Gasteiger partial charge on any atom is 0.270 e. The Labute approximate surface area is 193 Å². The molecule has 33 heavy (non-hydrogen) atoms. The Morgan fingerprint density at radius 3 is 2.64 bits per heavy atom. The summed E-state index contributed by atoms with van der Waals surface area (Å²) in [5.41, 5.74) is 3.03. The number of nitrogens with zero attached hydrogens (tertiary/aromatic N) is 2. The molecular weight excluding hydrogens is 416 g/mol. The molecule has 4 aromatic rings. The highest BCUT2D eigenvalue weighted by Crippen LogP contribution is 2.27. The number of hydrogen-bond acceptors (Lipinski definition) is 6. The van der Waals surface area contributed by atoms with Gasteiger partial charge in [-0.15, -0.1) is 0 Å². The van der Waals surface area contributed by atoms with Gasteiger partial charge in [-0.2, -0.15) is 0 Å². The molecule has 0 radical (unpaired) electrons. The number of aromatic nitrogens is 1. The fourth-order valence-electron chi connectivity index (χ4n) is 3.60. The van der Waals surface area contributed by atoms with E-state index in [1.54, 1.807) is 19.4 Å². The number of fused-ring (bicyclic) bond motifs is 1. The van der Waals surface area contributed by atoms with E-state index in [-0.39, 0.29) is 5.91 Å². The Bertz CT molecular complexity index is 1190. The third-order valence-corrected chi connectivity index (χ3v) is 5.33. The molecule has 0 saturated carbocycles. The summed E-state index contributed by atoms with van der Waals surface area (Å²) in [4.78, 5) is 19.6. The molecule has 0 bridgehead atoms. The molecule has 0 spiro atoms. The first-order chi connectivity index (χ1) is 16.1. The third-order valence-electron chi connectivity index (χ3n) is 5.33. The smallest absolute Gasteiger partial charge is 0.270 e. The second-order valence-electron chi connectivity index (χ2n) is 7.87. The van der Waals surface area contributed by atoms with Gasteiger partial charge < -0.3 is 24.7 Å². The van der Waals surface area contributed by atoms with Crippen LogP contribution in [-0.2, 0) is 6.54 Å². The number of carbonyl (C=O) groups excluding carboxylic acids is 1. The van der Waals surface area contributed by atoms with Gasteiger partial charge in [-0.1, -0.05) is 30.3 Å². The molecule has 7 nitrogen and oxygen atoms in total. The predicted molar refractivity (Wildman–Crippen MR) is 130 cm³/mol. The number of methoxy groups -OCH3 is 1. The van der Waals surface area contributed by atoms with Crippen molar-refractivity contribution in [1.82, 2.24) is 15.2 Å². The minimum atomic E-state index is -0.225. The molecule has 7 heteroatoms. The van der Waals surface area contributed by atoms with Crippen molar-refractivity contribution in [3.63, 3.8) is 0 Å². The quantitative estimate of drug-likeness (QED) is 0.341. The van der Waals surface area contributed by atoms with Crippen molar-refractivity contribution in [2.45, 2.75) is 13.0 Å². The fourth-order valence-corrected chi connectivity index (χ4v) is 3.60. The highest BCUT2D eigenvalue weighted by molar-refractivity contribution is 5.99. The summed E-state index contributed by atoms with van der Waals surface area (Å²) in [5, 5.41) is 7.05. The molecule has 0 atom stereocenters. The molecule has 2 N–H and O–H groups in total. The molecule has 2 aromatic carbocycles. The van der Waals surface area contributed by atoms with Gasteiger partial charge in [0, 0.05) is 24.8 Å². The zero-order chi connectivity index (χ0) is 23.0. The number of furan rings is 1. The number of rotatable bonds is 10. The van der Waals surface area contributed by atoms with Crippen molar-refractivity contribution in [3.05, 3.63) is 84.3 Å². The van der Waals surface area contributed by atoms with E-state index in [2.05, 4.69) is 39.7 Å². The summed E-state index contributed by atoms with van der Waals surface area (Å²) < 4.78 is 10.8. The van der Waals surface area contributed by atoms with Gasteiger partial charge in [0.15, 0.2) is 0 Å². The van der Waals surface area contributed by atoms with Crippen LogP contribution in [0.4, 0.5) is 11.5 Å². The summed E-state index contributed by atoms with van der Waals surface area (Å²) in [6.07, 6.45) is 2.44. The molecule has 170 valence electrons. The summed E-state index contributed by atoms with van der Waals surface area (Å²) >= 11 is 0. The fraction of sp³-hybridized carbons (Fsp3) is 0.231. The molecule has 4 rings (SSSR count). The molecule has 0 aliphatic heterocycles. The van der Waals surface area contributed by atoms with Crippen molar-refractivity contribution < 1.29 is 13.9 Å². The van der Waals surface area contributed by atoms with Crippen molar-refractivity contribution in [3.8, 4) is 5.75 Å². The van der Waals surface area contributed by atoms with Gasteiger partial charge in [0.25, 0.3) is 5.91 Å². The lowest BCUT2D eigenvalue weighted by Crippen LogP contribution is -2.28. The van der Waals surface area contributed by atoms with Crippen LogP contribution in [-0.4, -0.2) is 43.0 Å². The first-order valence-corrected chi connectivity index (χ1v) is 10.9. The lowest BCUT2D eigenvalue weighted by molar-refractivity contribution is 0.0947. The third kappa shape index (κ3) is 5.90. The molecule has 0 aliphatic rings. The van der Waals surface area contributed by atoms with Crippen molar-refractivity contribution in [2.75, 3.05) is 32.6 Å². The van der Waals surface area contributed by atoms with Gasteiger partial charge in [0.1, 0.15) is 22.8 Å². The van der Waals surface area contributed by atoms with Gasteiger partial charge >= 0.3 is 0 Å². The molecule has 0 unspecified atom stereocenters. The van der Waals surface area contributed by atoms with E-state index in [1.807, 2.05) is 48.5 Å². The predicted octanol–water partition coefficient (Wildman–Crippen LogP) is 4.83. The Hall–Kier alpha value is -3.84. The first kappa shape index (κ1) is 22.4. The zero-order valence-electron chi connectivity index (χ0n) is 18.9. The summed E-state index contributed by atoms with van der Waals surface area (Å²) in [7, 11) is 3.71. The van der Waals surface area contributed by atoms with Crippen LogP contribution in [0.2, 0.25) is 0 Å². The molecule has 2 heterocycles. The number of benzene rings is 2. The minimum Gasteiger partial charge on any atom is -0.497 e. The average molecular weight is 445 g/mol. The number of hydrogen-bond donors (Lipinski definition) is 2. The summed E-state index contributed by atoms with van der Waals surface area (Å²) in [6, 6.07) is 21.4. The van der Waals surface area contributed by atoms with E-state index in [0.717, 1.165) is 36.3 Å². The van der Waals surface area contributed by atoms with E-state index in [1.165, 1.54) is 5.56 Å². The standard InChI is InChI=1S/C26H28N4O3/c1-30(18-19-7-4-3-5-8-19)15-6-14-27-26(31)23-17-24-22(13-16-33-24)25(29-23)28-20-9-11-21(32-2)12-10-20/h3-5,7-13,16-17H,6,14-15,18H2,1-2H3,(H,27,31)(H,28,29). The van der Waals surface area contributed by atoms with Crippen LogP contribution in [0.25, 0.3) is 11.0 Å². The van der Waals surface area contributed by atoms with Gasteiger partial charge in [-0.05, 0) is 55.9 Å². The molecule has 0 saturated heterocycles. The molecular formula is C26H28N4O3. The topological polar surface area (TPSA) is 79.6 Å². The van der Waals surface area contributed by atoms with Gasteiger partial charge in [-0.3, -0.25) is 4.79 Å². The zero-order valence-corrected chi connectivity index (χ0v) is 18.9. The van der Waals surface area contributed by atoms with Gasteiger partial charge in [0.05, 0.1) is 18.8 Å². The van der Waals surface area contributed by atoms with E-state index in [0.29, 0.717) is 23.6 Å². The Morgan fingerprint density at radius 1 is 1.09 bits per heavy atom. The lowest BCUT2D eigenvalue weighted by Gasteiger charge is -2.16. The number of pyridine rings is 1. The Balaban J connectivity index is 1.35. The van der Waals surface area contributed by atoms with E-state index in [9.17, 15) is 4.79 Å². The largest absolute Gasteiger partial charge is 0.497 e. The second kappa shape index (κ2) is 10.7. The Morgan fingerprint density at radius 2 is 1.88 bits per heavy atom. The Kier molecular flexibility index (Phi) is 7.22. The van der Waals surface area contributed by atoms with Gasteiger partial charge in [-0.25, -0.2) is 4.98 Å². The van der Waals surface area contributed by atoms with Crippen LogP contribution in [0.1, 0.15) is 22.5 Å². The average Bonchev–Trinajstić information content (AvgIpc) is 3.32. The van der Waals surface area contributed by atoms with Crippen molar-refractivity contribution in [1.29, 1.82) is 0 Å². The SMILES string of the molecule is COc1ccc(Nc2nc(C(=O)NCCCN(C)Cc3ccccc3)cc3occc23)cc1. The van der Waals surface area contributed by atoms with E-state index >= 15 is 0 Å². The van der Waals surface area contributed by atoms with E-state index < -0.39 is 0 Å². The number of ether oxygens (including phenoxy) is 1. The molecule has 0 aliphatic carbocycles. The molecule has 0 fully saturated rings. The number of amides is 1. The number of carbonyl (C=O) groups is 1. The van der Waals surface area contributed by atoms with Crippen LogP contribution in [0, 0.1) is 0 Å². The normalized spacial score (nSPS) is 11.0. The van der Waals surface area contributed by atoms with Crippen LogP contribution in [0.3, 0.4) is 0 Å². The van der Waals surface area contributed by atoms with Crippen LogP contribution >= 0.6 is 0 Å². The lowest BCUT2D eigenvalue weighted by atomic mass is 10.2. The molecule has 2 aromatic heterocycles.